The molecule has 74 valence electrons. The van der Waals surface area contributed by atoms with E-state index in [9.17, 15) is 0 Å². The van der Waals surface area contributed by atoms with Crippen molar-refractivity contribution in [3.05, 3.63) is 23.0 Å². The van der Waals surface area contributed by atoms with Crippen LogP contribution >= 0.6 is 11.6 Å². The molecular weight excluding hydrogens is 202 g/mol. The van der Waals surface area contributed by atoms with Crippen molar-refractivity contribution in [3.8, 4) is 5.75 Å². The highest BCUT2D eigenvalue weighted by molar-refractivity contribution is 6.33. The number of nitrogens with two attached hydrogens (primary N) is 1. The molecule has 0 amide bonds. The third-order valence-electron chi connectivity index (χ3n) is 2.01. The molecule has 0 unspecified atom stereocenters. The summed E-state index contributed by atoms with van der Waals surface area (Å²) in [5.41, 5.74) is 7.08. The van der Waals surface area contributed by atoms with Gasteiger partial charge in [-0.1, -0.05) is 11.6 Å². The van der Waals surface area contributed by atoms with Crippen LogP contribution in [0.5, 0.6) is 5.75 Å². The Balaban J connectivity index is 2.73. The van der Waals surface area contributed by atoms with E-state index in [1.165, 1.54) is 0 Å². The third-order valence-corrected chi connectivity index (χ3v) is 2.30. The third kappa shape index (κ3) is 1.32. The lowest BCUT2D eigenvalue weighted by molar-refractivity contribution is 0.419. The number of fused-ring (bicyclic) bond motifs is 1. The second-order valence-corrected chi connectivity index (χ2v) is 3.27. The van der Waals surface area contributed by atoms with Crippen LogP contribution in [0.4, 0.5) is 0 Å². The van der Waals surface area contributed by atoms with Crippen molar-refractivity contribution >= 4 is 22.6 Å². The van der Waals surface area contributed by atoms with Crippen molar-refractivity contribution in [2.75, 3.05) is 7.11 Å². The van der Waals surface area contributed by atoms with Gasteiger partial charge in [-0.2, -0.15) is 0 Å². The molecular formula is C9H10ClN3O. The van der Waals surface area contributed by atoms with Crippen LogP contribution in [-0.2, 0) is 6.54 Å². The van der Waals surface area contributed by atoms with Crippen LogP contribution in [-0.4, -0.2) is 17.1 Å². The molecule has 0 fully saturated rings. The molecule has 0 saturated heterocycles. The Bertz CT molecular complexity index is 466. The van der Waals surface area contributed by atoms with Gasteiger partial charge in [-0.25, -0.2) is 4.98 Å². The molecule has 4 nitrogen and oxygen atoms in total. The van der Waals surface area contributed by atoms with E-state index >= 15 is 0 Å². The summed E-state index contributed by atoms with van der Waals surface area (Å²) in [5.74, 6) is 1.31. The van der Waals surface area contributed by atoms with Gasteiger partial charge in [0.05, 0.1) is 24.2 Å². The molecule has 0 spiro atoms. The van der Waals surface area contributed by atoms with E-state index in [-0.39, 0.29) is 0 Å². The molecule has 0 aliphatic carbocycles. The number of aromatic nitrogens is 2. The van der Waals surface area contributed by atoms with Gasteiger partial charge in [0.2, 0.25) is 0 Å². The maximum absolute atomic E-state index is 5.95. The average molecular weight is 212 g/mol. The first-order valence-electron chi connectivity index (χ1n) is 4.17. The number of imidazole rings is 1. The maximum atomic E-state index is 5.95. The van der Waals surface area contributed by atoms with Crippen LogP contribution in [0, 0.1) is 0 Å². The zero-order valence-corrected chi connectivity index (χ0v) is 8.43. The summed E-state index contributed by atoms with van der Waals surface area (Å²) in [6, 6.07) is 3.62. The Morgan fingerprint density at radius 1 is 1.57 bits per heavy atom. The van der Waals surface area contributed by atoms with Gasteiger partial charge in [-0.05, 0) is 12.1 Å². The Morgan fingerprint density at radius 2 is 2.36 bits per heavy atom. The number of aromatic amines is 1. The molecule has 1 heterocycles. The van der Waals surface area contributed by atoms with Gasteiger partial charge < -0.3 is 15.5 Å². The first-order chi connectivity index (χ1) is 6.76. The summed E-state index contributed by atoms with van der Waals surface area (Å²) >= 11 is 5.95. The van der Waals surface area contributed by atoms with Crippen molar-refractivity contribution in [2.45, 2.75) is 6.54 Å². The van der Waals surface area contributed by atoms with Gasteiger partial charge in [0.15, 0.2) is 5.75 Å². The lowest BCUT2D eigenvalue weighted by Crippen LogP contribution is -1.97. The number of rotatable bonds is 2. The lowest BCUT2D eigenvalue weighted by Gasteiger charge is -2.01. The Labute approximate surface area is 86.0 Å². The predicted molar refractivity (Wildman–Crippen MR) is 55.5 cm³/mol. The Morgan fingerprint density at radius 3 is 3.00 bits per heavy atom. The maximum Gasteiger partial charge on any atom is 0.165 e. The van der Waals surface area contributed by atoms with Crippen LogP contribution in [0.25, 0.3) is 11.0 Å². The van der Waals surface area contributed by atoms with E-state index in [1.54, 1.807) is 13.2 Å². The fourth-order valence-electron chi connectivity index (χ4n) is 1.37. The highest BCUT2D eigenvalue weighted by atomic mass is 35.5. The summed E-state index contributed by atoms with van der Waals surface area (Å²) in [4.78, 5) is 7.35. The first kappa shape index (κ1) is 9.30. The molecule has 0 saturated carbocycles. The fourth-order valence-corrected chi connectivity index (χ4v) is 1.60. The van der Waals surface area contributed by atoms with Crippen LogP contribution in [0.1, 0.15) is 5.82 Å². The van der Waals surface area contributed by atoms with Crippen molar-refractivity contribution < 1.29 is 4.74 Å². The molecule has 0 bridgehead atoms. The molecule has 0 aliphatic rings. The van der Waals surface area contributed by atoms with Crippen LogP contribution < -0.4 is 10.5 Å². The zero-order chi connectivity index (χ0) is 10.1. The first-order valence-corrected chi connectivity index (χ1v) is 4.55. The normalized spacial score (nSPS) is 10.8. The van der Waals surface area contributed by atoms with E-state index in [0.29, 0.717) is 17.3 Å². The topological polar surface area (TPSA) is 63.9 Å². The van der Waals surface area contributed by atoms with Crippen molar-refractivity contribution in [1.82, 2.24) is 9.97 Å². The summed E-state index contributed by atoms with van der Waals surface area (Å²) < 4.78 is 5.16. The number of benzene rings is 1. The molecule has 0 atom stereocenters. The SMILES string of the molecule is COc1c(Cl)ccc2[nH]c(CN)nc12. The zero-order valence-electron chi connectivity index (χ0n) is 7.67. The lowest BCUT2D eigenvalue weighted by atomic mass is 10.3. The van der Waals surface area contributed by atoms with Gasteiger partial charge in [0.25, 0.3) is 0 Å². The van der Waals surface area contributed by atoms with Gasteiger partial charge >= 0.3 is 0 Å². The highest BCUT2D eigenvalue weighted by Gasteiger charge is 2.10. The van der Waals surface area contributed by atoms with Crippen LogP contribution in [0.15, 0.2) is 12.1 Å². The summed E-state index contributed by atoms with van der Waals surface area (Å²) in [5, 5.41) is 0.551. The number of H-pyrrole nitrogens is 1. The number of ether oxygens (including phenoxy) is 1. The molecule has 14 heavy (non-hydrogen) atoms. The largest absolute Gasteiger partial charge is 0.493 e. The molecule has 5 heteroatoms. The van der Waals surface area contributed by atoms with Crippen molar-refractivity contribution in [1.29, 1.82) is 0 Å². The standard InChI is InChI=1S/C9H10ClN3O/c1-14-9-5(10)2-3-6-8(9)13-7(4-11)12-6/h2-3H,4,11H2,1H3,(H,12,13). The molecule has 2 aromatic rings. The quantitative estimate of drug-likeness (QED) is 0.795. The summed E-state index contributed by atoms with van der Waals surface area (Å²) in [7, 11) is 1.57. The van der Waals surface area contributed by atoms with Crippen molar-refractivity contribution in [2.24, 2.45) is 5.73 Å². The number of nitrogens with one attached hydrogen (secondary N) is 1. The van der Waals surface area contributed by atoms with E-state index in [1.807, 2.05) is 6.07 Å². The number of nitrogens with zero attached hydrogens (tertiary/aromatic N) is 1. The number of hydrogen-bond acceptors (Lipinski definition) is 3. The highest BCUT2D eigenvalue weighted by Crippen LogP contribution is 2.31. The van der Waals surface area contributed by atoms with E-state index in [2.05, 4.69) is 9.97 Å². The van der Waals surface area contributed by atoms with Gasteiger partial charge in [0, 0.05) is 0 Å². The molecule has 3 N–H and O–H groups in total. The molecule has 0 radical (unpaired) electrons. The smallest absolute Gasteiger partial charge is 0.165 e. The Kier molecular flexibility index (Phi) is 2.31. The second kappa shape index (κ2) is 3.48. The van der Waals surface area contributed by atoms with Gasteiger partial charge in [-0.15, -0.1) is 0 Å². The van der Waals surface area contributed by atoms with E-state index < -0.39 is 0 Å². The molecule has 1 aromatic heterocycles. The average Bonchev–Trinajstić information content (AvgIpc) is 2.60. The fraction of sp³-hybridized carbons (Fsp3) is 0.222. The summed E-state index contributed by atoms with van der Waals surface area (Å²) in [6.45, 7) is 0.370. The summed E-state index contributed by atoms with van der Waals surface area (Å²) in [6.07, 6.45) is 0. The monoisotopic (exact) mass is 211 g/mol. The minimum absolute atomic E-state index is 0.370. The minimum Gasteiger partial charge on any atom is -0.493 e. The van der Waals surface area contributed by atoms with E-state index in [0.717, 1.165) is 16.9 Å². The molecule has 2 rings (SSSR count). The predicted octanol–water partition coefficient (Wildman–Crippen LogP) is 1.68. The van der Waals surface area contributed by atoms with Gasteiger partial charge in [-0.3, -0.25) is 0 Å². The van der Waals surface area contributed by atoms with Gasteiger partial charge in [0.1, 0.15) is 11.3 Å². The second-order valence-electron chi connectivity index (χ2n) is 2.86. The van der Waals surface area contributed by atoms with Crippen LogP contribution in [0.2, 0.25) is 5.02 Å². The minimum atomic E-state index is 0.370. The number of halogens is 1. The molecule has 0 aliphatic heterocycles. The molecule has 1 aromatic carbocycles. The van der Waals surface area contributed by atoms with Crippen molar-refractivity contribution in [3.63, 3.8) is 0 Å². The number of methoxy groups -OCH3 is 1. The van der Waals surface area contributed by atoms with Crippen LogP contribution in [0.3, 0.4) is 0 Å². The Hall–Kier alpha value is -1.26. The number of hydrogen-bond donors (Lipinski definition) is 2. The van der Waals surface area contributed by atoms with E-state index in [4.69, 9.17) is 22.1 Å².